The van der Waals surface area contributed by atoms with Crippen LogP contribution in [0.25, 0.3) is 0 Å². The average molecular weight is 222 g/mol. The highest BCUT2D eigenvalue weighted by atomic mass is 16.4. The fraction of sp³-hybridized carbons (Fsp3) is 0.462. The highest BCUT2D eigenvalue weighted by molar-refractivity contribution is 5.67. The van der Waals surface area contributed by atoms with E-state index in [1.807, 2.05) is 18.2 Å². The summed E-state index contributed by atoms with van der Waals surface area (Å²) in [4.78, 5) is 10.7. The zero-order chi connectivity index (χ0) is 12.0. The molecule has 3 nitrogen and oxygen atoms in total. The molecule has 0 heterocycles. The van der Waals surface area contributed by atoms with E-state index in [1.54, 1.807) is 0 Å². The normalized spacial score (nSPS) is 11.4. The molecular weight excluding hydrogens is 202 g/mol. The maximum absolute atomic E-state index is 10.7. The lowest BCUT2D eigenvalue weighted by atomic mass is 10.2. The molecule has 0 amide bonds. The second-order valence-electron chi connectivity index (χ2n) is 3.98. The van der Waals surface area contributed by atoms with Gasteiger partial charge >= 0.3 is 5.97 Å². The summed E-state index contributed by atoms with van der Waals surface area (Å²) in [5, 5.41) is 8.80. The zero-order valence-electron chi connectivity index (χ0n) is 10.0. The van der Waals surface area contributed by atoms with Gasteiger partial charge in [-0.1, -0.05) is 18.2 Å². The fourth-order valence-corrected chi connectivity index (χ4v) is 2.09. The number of quaternary nitrogens is 1. The molecule has 3 heteroatoms. The van der Waals surface area contributed by atoms with Gasteiger partial charge in [0.1, 0.15) is 5.69 Å². The Labute approximate surface area is 96.9 Å². The molecule has 0 aliphatic carbocycles. The lowest BCUT2D eigenvalue weighted by Gasteiger charge is -2.36. The molecule has 1 rings (SSSR count). The first-order chi connectivity index (χ1) is 7.64. The number of para-hydroxylation sites is 1. The third kappa shape index (κ3) is 2.83. The maximum atomic E-state index is 10.7. The summed E-state index contributed by atoms with van der Waals surface area (Å²) in [7, 11) is 0. The molecule has 0 unspecified atom stereocenters. The van der Waals surface area contributed by atoms with E-state index < -0.39 is 5.97 Å². The molecule has 16 heavy (non-hydrogen) atoms. The van der Waals surface area contributed by atoms with Gasteiger partial charge in [-0.15, -0.1) is 0 Å². The molecule has 1 aromatic rings. The van der Waals surface area contributed by atoms with E-state index in [0.29, 0.717) is 6.54 Å². The number of carboxylic acids is 1. The predicted molar refractivity (Wildman–Crippen MR) is 66.4 cm³/mol. The van der Waals surface area contributed by atoms with Crippen LogP contribution in [-0.4, -0.2) is 30.7 Å². The quantitative estimate of drug-likeness (QED) is 0.751. The standard InChI is InChI=1S/C13H19NO2/c1-3-14(4-2,11-10-13(15)16)12-8-6-5-7-9-12/h5-9H,3-4,10-11H2,1-2H3/p+1. The van der Waals surface area contributed by atoms with Gasteiger partial charge in [0.2, 0.25) is 0 Å². The topological polar surface area (TPSA) is 37.3 Å². The molecule has 0 saturated heterocycles. The van der Waals surface area contributed by atoms with Crippen LogP contribution in [0.15, 0.2) is 30.3 Å². The molecule has 0 fully saturated rings. The van der Waals surface area contributed by atoms with Crippen LogP contribution in [0.3, 0.4) is 0 Å². The number of benzene rings is 1. The number of rotatable bonds is 6. The average Bonchev–Trinajstić information content (AvgIpc) is 2.32. The first-order valence-electron chi connectivity index (χ1n) is 5.78. The summed E-state index contributed by atoms with van der Waals surface area (Å²) in [5.41, 5.74) is 1.20. The highest BCUT2D eigenvalue weighted by Crippen LogP contribution is 2.22. The third-order valence-corrected chi connectivity index (χ3v) is 3.27. The molecule has 0 spiro atoms. The molecule has 88 valence electrons. The van der Waals surface area contributed by atoms with Gasteiger partial charge in [-0.25, -0.2) is 0 Å². The Morgan fingerprint density at radius 3 is 2.19 bits per heavy atom. The number of hydrogen-bond donors (Lipinski definition) is 1. The lowest BCUT2D eigenvalue weighted by Crippen LogP contribution is -2.50. The fourth-order valence-electron chi connectivity index (χ4n) is 2.09. The largest absolute Gasteiger partial charge is 0.481 e. The van der Waals surface area contributed by atoms with Gasteiger partial charge < -0.3 is 5.11 Å². The number of aliphatic carboxylic acids is 1. The smallest absolute Gasteiger partial charge is 0.309 e. The van der Waals surface area contributed by atoms with Gasteiger partial charge in [0.25, 0.3) is 0 Å². The first-order valence-corrected chi connectivity index (χ1v) is 5.78. The molecule has 0 saturated carbocycles. The van der Waals surface area contributed by atoms with Crippen molar-refractivity contribution in [3.05, 3.63) is 30.3 Å². The van der Waals surface area contributed by atoms with E-state index in [9.17, 15) is 4.79 Å². The van der Waals surface area contributed by atoms with Crippen LogP contribution in [0.5, 0.6) is 0 Å². The van der Waals surface area contributed by atoms with Crippen LogP contribution in [0, 0.1) is 0 Å². The Morgan fingerprint density at radius 2 is 1.75 bits per heavy atom. The van der Waals surface area contributed by atoms with E-state index in [2.05, 4.69) is 26.0 Å². The Morgan fingerprint density at radius 1 is 1.19 bits per heavy atom. The van der Waals surface area contributed by atoms with Crippen molar-refractivity contribution in [3.63, 3.8) is 0 Å². The number of nitrogens with zero attached hydrogens (tertiary/aromatic N) is 1. The number of carboxylic acid groups (broad SMARTS) is 1. The van der Waals surface area contributed by atoms with Crippen LogP contribution < -0.4 is 4.48 Å². The Bertz CT molecular complexity index is 331. The van der Waals surface area contributed by atoms with Crippen LogP contribution in [0.2, 0.25) is 0 Å². The third-order valence-electron chi connectivity index (χ3n) is 3.27. The van der Waals surface area contributed by atoms with E-state index >= 15 is 0 Å². The maximum Gasteiger partial charge on any atom is 0.309 e. The van der Waals surface area contributed by atoms with Gasteiger partial charge in [-0.2, -0.15) is 0 Å². The van der Waals surface area contributed by atoms with Crippen molar-refractivity contribution in [2.75, 3.05) is 19.6 Å². The Balaban J connectivity index is 2.92. The van der Waals surface area contributed by atoms with Crippen LogP contribution in [0.4, 0.5) is 5.69 Å². The molecule has 1 aromatic carbocycles. The molecule has 0 bridgehead atoms. The van der Waals surface area contributed by atoms with Crippen LogP contribution in [0.1, 0.15) is 20.3 Å². The van der Waals surface area contributed by atoms with Crippen LogP contribution in [-0.2, 0) is 4.79 Å². The van der Waals surface area contributed by atoms with E-state index in [1.165, 1.54) is 5.69 Å². The van der Waals surface area contributed by atoms with Crippen molar-refractivity contribution >= 4 is 11.7 Å². The van der Waals surface area contributed by atoms with Crippen molar-refractivity contribution in [3.8, 4) is 0 Å². The summed E-state index contributed by atoms with van der Waals surface area (Å²) in [5.74, 6) is -0.722. The molecule has 1 N–H and O–H groups in total. The lowest BCUT2D eigenvalue weighted by molar-refractivity contribution is -0.137. The zero-order valence-corrected chi connectivity index (χ0v) is 10.0. The summed E-state index contributed by atoms with van der Waals surface area (Å²) in [6, 6.07) is 10.2. The van der Waals surface area contributed by atoms with Gasteiger partial charge in [-0.05, 0) is 26.0 Å². The summed E-state index contributed by atoms with van der Waals surface area (Å²) >= 11 is 0. The van der Waals surface area contributed by atoms with E-state index in [-0.39, 0.29) is 6.42 Å². The summed E-state index contributed by atoms with van der Waals surface area (Å²) in [6.45, 7) is 6.73. The predicted octanol–water partition coefficient (Wildman–Crippen LogP) is 2.51. The Kier molecular flexibility index (Phi) is 4.50. The SMILES string of the molecule is CC[N+](CC)(CCC(=O)O)c1ccccc1. The summed E-state index contributed by atoms with van der Waals surface area (Å²) in [6.07, 6.45) is 0.219. The molecule has 0 aliphatic rings. The molecular formula is C13H20NO2+. The highest BCUT2D eigenvalue weighted by Gasteiger charge is 2.26. The van der Waals surface area contributed by atoms with E-state index in [0.717, 1.165) is 17.6 Å². The van der Waals surface area contributed by atoms with Crippen LogP contribution >= 0.6 is 0 Å². The molecule has 0 radical (unpaired) electrons. The number of hydrogen-bond acceptors (Lipinski definition) is 1. The van der Waals surface area contributed by atoms with Crippen molar-refractivity contribution in [1.82, 2.24) is 4.48 Å². The van der Waals surface area contributed by atoms with Gasteiger partial charge in [0.15, 0.2) is 0 Å². The minimum Gasteiger partial charge on any atom is -0.481 e. The Hall–Kier alpha value is -1.35. The second-order valence-corrected chi connectivity index (χ2v) is 3.98. The molecule has 0 aromatic heterocycles. The van der Waals surface area contributed by atoms with Gasteiger partial charge in [0.05, 0.1) is 26.1 Å². The molecule has 0 aliphatic heterocycles. The van der Waals surface area contributed by atoms with Crippen molar-refractivity contribution in [2.45, 2.75) is 20.3 Å². The number of carbonyl (C=O) groups is 1. The van der Waals surface area contributed by atoms with E-state index in [4.69, 9.17) is 5.11 Å². The van der Waals surface area contributed by atoms with Gasteiger partial charge in [0, 0.05) is 0 Å². The first kappa shape index (κ1) is 12.7. The summed E-state index contributed by atoms with van der Waals surface area (Å²) < 4.78 is 0.743. The minimum atomic E-state index is -0.722. The van der Waals surface area contributed by atoms with Crippen molar-refractivity contribution in [2.24, 2.45) is 0 Å². The monoisotopic (exact) mass is 222 g/mol. The van der Waals surface area contributed by atoms with Crippen molar-refractivity contribution in [1.29, 1.82) is 0 Å². The minimum absolute atomic E-state index is 0.219. The molecule has 0 atom stereocenters. The second kappa shape index (κ2) is 5.66. The van der Waals surface area contributed by atoms with Gasteiger partial charge in [-0.3, -0.25) is 9.28 Å². The van der Waals surface area contributed by atoms with Crippen molar-refractivity contribution < 1.29 is 9.90 Å².